The third kappa shape index (κ3) is 1.81. The summed E-state index contributed by atoms with van der Waals surface area (Å²) in [4.78, 5) is 37.5. The van der Waals surface area contributed by atoms with Crippen LogP contribution in [0.2, 0.25) is 0 Å². The number of carbonyl (C=O) groups excluding carboxylic acids is 3. The van der Waals surface area contributed by atoms with E-state index < -0.39 is 24.3 Å². The van der Waals surface area contributed by atoms with E-state index in [9.17, 15) is 14.4 Å². The number of Topliss-reactive ketones (excluding diaryl/α,β-unsaturated/α-hetero) is 2. The van der Waals surface area contributed by atoms with E-state index >= 15 is 0 Å². The third-order valence-corrected chi connectivity index (χ3v) is 4.53. The number of carbonyl (C=O) groups is 3. The van der Waals surface area contributed by atoms with E-state index in [1.807, 2.05) is 0 Å². The van der Waals surface area contributed by atoms with Gasteiger partial charge in [0.05, 0.1) is 30.8 Å². The first-order valence-corrected chi connectivity index (χ1v) is 7.38. The zero-order valence-electron chi connectivity index (χ0n) is 12.6. The Morgan fingerprint density at radius 3 is 2.65 bits per heavy atom. The number of rotatable bonds is 1. The van der Waals surface area contributed by atoms with Gasteiger partial charge in [-0.1, -0.05) is 12.1 Å². The SMILES string of the molecule is COc1cccc2c1C(=O)C1=C(C2=O)[C@H]2OC(=O)C[C@H]2O[C@H]1C. The Labute approximate surface area is 132 Å². The second-order valence-corrected chi connectivity index (χ2v) is 5.80. The van der Waals surface area contributed by atoms with Crippen LogP contribution in [0.3, 0.4) is 0 Å². The van der Waals surface area contributed by atoms with Crippen LogP contribution in [-0.4, -0.2) is 43.0 Å². The van der Waals surface area contributed by atoms with Crippen LogP contribution in [0.5, 0.6) is 5.75 Å². The van der Waals surface area contributed by atoms with Crippen molar-refractivity contribution in [2.24, 2.45) is 0 Å². The molecule has 0 amide bonds. The summed E-state index contributed by atoms with van der Waals surface area (Å²) < 4.78 is 16.2. The third-order valence-electron chi connectivity index (χ3n) is 4.53. The topological polar surface area (TPSA) is 78.9 Å². The summed E-state index contributed by atoms with van der Waals surface area (Å²) in [6.07, 6.45) is -1.79. The molecule has 6 nitrogen and oxygen atoms in total. The van der Waals surface area contributed by atoms with Crippen molar-refractivity contribution < 1.29 is 28.6 Å². The molecule has 0 N–H and O–H groups in total. The minimum absolute atomic E-state index is 0.0955. The number of ether oxygens (including phenoxy) is 3. The molecule has 0 spiro atoms. The fraction of sp³-hybridized carbons (Fsp3) is 0.353. The predicted molar refractivity (Wildman–Crippen MR) is 77.5 cm³/mol. The van der Waals surface area contributed by atoms with Gasteiger partial charge < -0.3 is 14.2 Å². The number of hydrogen-bond acceptors (Lipinski definition) is 6. The minimum Gasteiger partial charge on any atom is -0.496 e. The lowest BCUT2D eigenvalue weighted by atomic mass is 9.77. The molecule has 23 heavy (non-hydrogen) atoms. The maximum atomic E-state index is 12.9. The molecule has 1 aromatic rings. The van der Waals surface area contributed by atoms with Gasteiger partial charge >= 0.3 is 5.97 Å². The number of hydrogen-bond donors (Lipinski definition) is 0. The van der Waals surface area contributed by atoms with Gasteiger partial charge in [0, 0.05) is 11.1 Å². The highest BCUT2D eigenvalue weighted by atomic mass is 16.6. The first kappa shape index (κ1) is 14.1. The smallest absolute Gasteiger partial charge is 0.309 e. The molecule has 1 aromatic carbocycles. The van der Waals surface area contributed by atoms with E-state index in [0.29, 0.717) is 5.75 Å². The molecule has 1 aliphatic carbocycles. The van der Waals surface area contributed by atoms with E-state index in [4.69, 9.17) is 14.2 Å². The second-order valence-electron chi connectivity index (χ2n) is 5.80. The monoisotopic (exact) mass is 314 g/mol. The Morgan fingerprint density at radius 2 is 1.91 bits per heavy atom. The second kappa shape index (κ2) is 4.76. The highest BCUT2D eigenvalue weighted by Gasteiger charge is 2.51. The highest BCUT2D eigenvalue weighted by Crippen LogP contribution is 2.42. The van der Waals surface area contributed by atoms with Crippen LogP contribution in [-0.2, 0) is 14.3 Å². The molecule has 6 heteroatoms. The van der Waals surface area contributed by atoms with Gasteiger partial charge in [0.1, 0.15) is 11.9 Å². The molecule has 2 heterocycles. The van der Waals surface area contributed by atoms with Crippen LogP contribution < -0.4 is 4.74 Å². The Morgan fingerprint density at radius 1 is 1.13 bits per heavy atom. The van der Waals surface area contributed by atoms with Crippen molar-refractivity contribution >= 4 is 17.5 Å². The van der Waals surface area contributed by atoms with Crippen molar-refractivity contribution in [2.45, 2.75) is 31.7 Å². The Bertz CT molecular complexity index is 790. The molecule has 0 radical (unpaired) electrons. The molecule has 3 aliphatic rings. The van der Waals surface area contributed by atoms with Crippen molar-refractivity contribution in [1.29, 1.82) is 0 Å². The molecule has 4 rings (SSSR count). The number of fused-ring (bicyclic) bond motifs is 3. The van der Waals surface area contributed by atoms with Crippen molar-refractivity contribution in [3.63, 3.8) is 0 Å². The summed E-state index contributed by atoms with van der Waals surface area (Å²) in [6.45, 7) is 1.71. The Hall–Kier alpha value is -2.47. The lowest BCUT2D eigenvalue weighted by Crippen LogP contribution is -2.44. The number of ketones is 2. The van der Waals surface area contributed by atoms with Crippen LogP contribution in [0.1, 0.15) is 34.1 Å². The summed E-state index contributed by atoms with van der Waals surface area (Å²) >= 11 is 0. The quantitative estimate of drug-likeness (QED) is 0.731. The summed E-state index contributed by atoms with van der Waals surface area (Å²) in [6, 6.07) is 4.89. The number of esters is 1. The van der Waals surface area contributed by atoms with Gasteiger partial charge in [-0.3, -0.25) is 14.4 Å². The van der Waals surface area contributed by atoms with Crippen molar-refractivity contribution in [3.8, 4) is 5.75 Å². The first-order chi connectivity index (χ1) is 11.0. The Balaban J connectivity index is 1.93. The Kier molecular flexibility index (Phi) is 2.93. The van der Waals surface area contributed by atoms with Crippen molar-refractivity contribution in [1.82, 2.24) is 0 Å². The lowest BCUT2D eigenvalue weighted by molar-refractivity contribution is -0.140. The van der Waals surface area contributed by atoms with E-state index in [2.05, 4.69) is 0 Å². The molecule has 1 fully saturated rings. The normalized spacial score (nSPS) is 29.0. The maximum Gasteiger partial charge on any atom is 0.309 e. The van der Waals surface area contributed by atoms with Gasteiger partial charge in [-0.05, 0) is 13.0 Å². The van der Waals surface area contributed by atoms with Crippen LogP contribution in [0.4, 0.5) is 0 Å². The molecule has 1 saturated heterocycles. The van der Waals surface area contributed by atoms with E-state index in [-0.39, 0.29) is 40.3 Å². The fourth-order valence-corrected chi connectivity index (χ4v) is 3.57. The van der Waals surface area contributed by atoms with Gasteiger partial charge in [0.2, 0.25) is 0 Å². The summed E-state index contributed by atoms with van der Waals surface area (Å²) in [5.41, 5.74) is 1.05. The van der Waals surface area contributed by atoms with E-state index in [1.165, 1.54) is 7.11 Å². The van der Waals surface area contributed by atoms with Gasteiger partial charge in [0.25, 0.3) is 0 Å². The molecular formula is C17H14O6. The molecule has 2 aliphatic heterocycles. The van der Waals surface area contributed by atoms with Crippen molar-refractivity contribution in [2.75, 3.05) is 7.11 Å². The zero-order valence-corrected chi connectivity index (χ0v) is 12.6. The van der Waals surface area contributed by atoms with E-state index in [0.717, 1.165) is 0 Å². The van der Waals surface area contributed by atoms with Crippen LogP contribution in [0, 0.1) is 0 Å². The molecule has 0 bridgehead atoms. The van der Waals surface area contributed by atoms with Gasteiger partial charge in [0.15, 0.2) is 17.7 Å². The zero-order chi connectivity index (χ0) is 16.3. The average Bonchev–Trinajstić information content (AvgIpc) is 2.90. The maximum absolute atomic E-state index is 12.9. The van der Waals surface area contributed by atoms with Gasteiger partial charge in [-0.2, -0.15) is 0 Å². The molecule has 3 atom stereocenters. The fourth-order valence-electron chi connectivity index (χ4n) is 3.57. The van der Waals surface area contributed by atoms with Gasteiger partial charge in [-0.15, -0.1) is 0 Å². The summed E-state index contributed by atoms with van der Waals surface area (Å²) in [5.74, 6) is -0.669. The average molecular weight is 314 g/mol. The lowest BCUT2D eigenvalue weighted by Gasteiger charge is -2.35. The molecule has 0 unspecified atom stereocenters. The summed E-state index contributed by atoms with van der Waals surface area (Å²) in [5, 5.41) is 0. The van der Waals surface area contributed by atoms with Crippen LogP contribution >= 0.6 is 0 Å². The minimum atomic E-state index is -0.801. The standard InChI is InChI=1S/C17H14O6/c1-7-12-14(17-10(22-7)6-11(18)23-17)15(19)8-4-3-5-9(21-2)13(8)16(12)20/h3-5,7,10,17H,6H2,1-2H3/t7-,10+,17-/m0/s1. The highest BCUT2D eigenvalue weighted by molar-refractivity contribution is 6.29. The van der Waals surface area contributed by atoms with Crippen LogP contribution in [0.15, 0.2) is 29.3 Å². The largest absolute Gasteiger partial charge is 0.496 e. The first-order valence-electron chi connectivity index (χ1n) is 7.38. The predicted octanol–water partition coefficient (Wildman–Crippen LogP) is 1.47. The summed E-state index contributed by atoms with van der Waals surface area (Å²) in [7, 11) is 1.45. The van der Waals surface area contributed by atoms with Crippen LogP contribution in [0.25, 0.3) is 0 Å². The molecule has 0 aromatic heterocycles. The van der Waals surface area contributed by atoms with E-state index in [1.54, 1.807) is 25.1 Å². The number of methoxy groups -OCH3 is 1. The molecule has 118 valence electrons. The number of benzene rings is 1. The van der Waals surface area contributed by atoms with Crippen molar-refractivity contribution in [3.05, 3.63) is 40.5 Å². The molecule has 0 saturated carbocycles. The van der Waals surface area contributed by atoms with Gasteiger partial charge in [-0.25, -0.2) is 0 Å². The molecular weight excluding hydrogens is 300 g/mol.